The molecule has 1 atom stereocenters. The van der Waals surface area contributed by atoms with E-state index < -0.39 is 0 Å². The van der Waals surface area contributed by atoms with Gasteiger partial charge in [0.05, 0.1) is 10.3 Å². The van der Waals surface area contributed by atoms with Gasteiger partial charge in [0.15, 0.2) is 0 Å². The van der Waals surface area contributed by atoms with E-state index >= 15 is 0 Å². The average molecular weight is 318 g/mol. The minimum Gasteiger partial charge on any atom is -0.419 e. The van der Waals surface area contributed by atoms with Crippen LogP contribution in [0.5, 0.6) is 0 Å². The molecule has 21 heavy (non-hydrogen) atoms. The minimum atomic E-state index is -0.0256. The molecule has 2 heterocycles. The monoisotopic (exact) mass is 317 g/mol. The lowest BCUT2D eigenvalue weighted by molar-refractivity contribution is 0.509. The zero-order chi connectivity index (χ0) is 14.7. The Hall–Kier alpha value is -1.85. The summed E-state index contributed by atoms with van der Waals surface area (Å²) in [6.07, 6.45) is 1.71. The van der Waals surface area contributed by atoms with Gasteiger partial charge < -0.3 is 4.42 Å². The highest BCUT2D eigenvalue weighted by atomic mass is 35.5. The average Bonchev–Trinajstić information content (AvgIpc) is 3.00. The standard InChI is InChI=1S/C15H12ClN3OS/c1-10(21-15-12(16)8-5-9-17-15)13-18-19-14(20-13)11-6-3-2-4-7-11/h2-10H,1H3. The summed E-state index contributed by atoms with van der Waals surface area (Å²) in [6, 6.07) is 13.3. The van der Waals surface area contributed by atoms with E-state index in [-0.39, 0.29) is 5.25 Å². The molecule has 0 saturated carbocycles. The summed E-state index contributed by atoms with van der Waals surface area (Å²) >= 11 is 7.60. The number of aromatic nitrogens is 3. The lowest BCUT2D eigenvalue weighted by atomic mass is 10.2. The molecule has 106 valence electrons. The smallest absolute Gasteiger partial charge is 0.247 e. The van der Waals surface area contributed by atoms with Gasteiger partial charge in [0.1, 0.15) is 5.03 Å². The van der Waals surface area contributed by atoms with Crippen LogP contribution in [-0.2, 0) is 0 Å². The molecule has 0 amide bonds. The molecule has 6 heteroatoms. The van der Waals surface area contributed by atoms with Gasteiger partial charge in [0.2, 0.25) is 11.8 Å². The van der Waals surface area contributed by atoms with Crippen molar-refractivity contribution in [3.8, 4) is 11.5 Å². The van der Waals surface area contributed by atoms with E-state index in [1.54, 1.807) is 12.3 Å². The number of thioether (sulfide) groups is 1. The molecule has 0 aliphatic rings. The van der Waals surface area contributed by atoms with Gasteiger partial charge in [0.25, 0.3) is 0 Å². The summed E-state index contributed by atoms with van der Waals surface area (Å²) in [5, 5.41) is 9.55. The van der Waals surface area contributed by atoms with Gasteiger partial charge in [-0.3, -0.25) is 0 Å². The minimum absolute atomic E-state index is 0.0256. The first kappa shape index (κ1) is 14.1. The summed E-state index contributed by atoms with van der Waals surface area (Å²) in [5.41, 5.74) is 0.907. The van der Waals surface area contributed by atoms with Gasteiger partial charge in [-0.25, -0.2) is 4.98 Å². The summed E-state index contributed by atoms with van der Waals surface area (Å²) < 4.78 is 5.73. The van der Waals surface area contributed by atoms with Gasteiger partial charge in [0, 0.05) is 11.8 Å². The van der Waals surface area contributed by atoms with E-state index in [2.05, 4.69) is 15.2 Å². The normalized spacial score (nSPS) is 12.3. The van der Waals surface area contributed by atoms with Crippen molar-refractivity contribution in [2.24, 2.45) is 0 Å². The van der Waals surface area contributed by atoms with Crippen molar-refractivity contribution in [3.63, 3.8) is 0 Å². The molecule has 4 nitrogen and oxygen atoms in total. The summed E-state index contributed by atoms with van der Waals surface area (Å²) in [6.45, 7) is 1.98. The molecular formula is C15H12ClN3OS. The summed E-state index contributed by atoms with van der Waals surface area (Å²) in [7, 11) is 0. The number of benzene rings is 1. The van der Waals surface area contributed by atoms with E-state index in [1.807, 2.05) is 43.3 Å². The number of hydrogen-bond acceptors (Lipinski definition) is 5. The molecule has 0 aliphatic carbocycles. The number of rotatable bonds is 4. The third-order valence-corrected chi connectivity index (χ3v) is 4.34. The molecular weight excluding hydrogens is 306 g/mol. The Labute approximate surface area is 131 Å². The molecule has 0 aliphatic heterocycles. The first-order valence-electron chi connectivity index (χ1n) is 6.40. The van der Waals surface area contributed by atoms with Gasteiger partial charge in [-0.1, -0.05) is 41.6 Å². The van der Waals surface area contributed by atoms with Crippen LogP contribution in [0.3, 0.4) is 0 Å². The van der Waals surface area contributed by atoms with Crippen molar-refractivity contribution in [2.45, 2.75) is 17.2 Å². The Morgan fingerprint density at radius 2 is 1.90 bits per heavy atom. The summed E-state index contributed by atoms with van der Waals surface area (Å²) in [4.78, 5) is 4.25. The quantitative estimate of drug-likeness (QED) is 0.656. The van der Waals surface area contributed by atoms with Crippen molar-refractivity contribution in [3.05, 3.63) is 59.6 Å². The third-order valence-electron chi connectivity index (χ3n) is 2.82. The van der Waals surface area contributed by atoms with Gasteiger partial charge >= 0.3 is 0 Å². The topological polar surface area (TPSA) is 51.8 Å². The van der Waals surface area contributed by atoms with Crippen LogP contribution in [-0.4, -0.2) is 15.2 Å². The van der Waals surface area contributed by atoms with Gasteiger partial charge in [-0.15, -0.1) is 10.2 Å². The molecule has 3 aromatic rings. The van der Waals surface area contributed by atoms with Gasteiger partial charge in [-0.2, -0.15) is 0 Å². The lowest BCUT2D eigenvalue weighted by Crippen LogP contribution is -1.90. The number of nitrogens with zero attached hydrogens (tertiary/aromatic N) is 3. The Kier molecular flexibility index (Phi) is 4.22. The van der Waals surface area contributed by atoms with Crippen LogP contribution in [0, 0.1) is 0 Å². The van der Waals surface area contributed by atoms with E-state index in [4.69, 9.17) is 16.0 Å². The first-order chi connectivity index (χ1) is 10.2. The Morgan fingerprint density at radius 1 is 1.10 bits per heavy atom. The van der Waals surface area contributed by atoms with Crippen molar-refractivity contribution < 1.29 is 4.42 Å². The third kappa shape index (κ3) is 3.25. The van der Waals surface area contributed by atoms with Crippen molar-refractivity contribution in [1.82, 2.24) is 15.2 Å². The molecule has 0 fully saturated rings. The highest BCUT2D eigenvalue weighted by molar-refractivity contribution is 7.99. The Balaban J connectivity index is 1.79. The lowest BCUT2D eigenvalue weighted by Gasteiger charge is -2.06. The highest BCUT2D eigenvalue weighted by Gasteiger charge is 2.17. The zero-order valence-corrected chi connectivity index (χ0v) is 12.8. The first-order valence-corrected chi connectivity index (χ1v) is 7.66. The molecule has 0 radical (unpaired) electrons. The fraction of sp³-hybridized carbons (Fsp3) is 0.133. The van der Waals surface area contributed by atoms with Crippen molar-refractivity contribution >= 4 is 23.4 Å². The van der Waals surface area contributed by atoms with Gasteiger partial charge in [-0.05, 0) is 31.2 Å². The Morgan fingerprint density at radius 3 is 2.67 bits per heavy atom. The van der Waals surface area contributed by atoms with Crippen LogP contribution in [0.25, 0.3) is 11.5 Å². The van der Waals surface area contributed by atoms with E-state index in [1.165, 1.54) is 11.8 Å². The van der Waals surface area contributed by atoms with Crippen LogP contribution in [0.2, 0.25) is 5.02 Å². The number of hydrogen-bond donors (Lipinski definition) is 0. The molecule has 0 bridgehead atoms. The van der Waals surface area contributed by atoms with E-state index in [0.717, 1.165) is 10.6 Å². The molecule has 1 unspecified atom stereocenters. The Bertz CT molecular complexity index is 733. The fourth-order valence-corrected chi connectivity index (χ4v) is 2.86. The van der Waals surface area contributed by atoms with Crippen molar-refractivity contribution in [1.29, 1.82) is 0 Å². The van der Waals surface area contributed by atoms with Crippen LogP contribution in [0.1, 0.15) is 18.1 Å². The predicted molar refractivity (Wildman–Crippen MR) is 83.3 cm³/mol. The van der Waals surface area contributed by atoms with Crippen LogP contribution < -0.4 is 0 Å². The zero-order valence-electron chi connectivity index (χ0n) is 11.2. The van der Waals surface area contributed by atoms with Crippen LogP contribution in [0.4, 0.5) is 0 Å². The maximum Gasteiger partial charge on any atom is 0.247 e. The predicted octanol–water partition coefficient (Wildman–Crippen LogP) is 4.64. The SMILES string of the molecule is CC(Sc1ncccc1Cl)c1nnc(-c2ccccc2)o1. The second-order valence-corrected chi connectivity index (χ2v) is 6.10. The number of pyridine rings is 1. The number of halogens is 1. The van der Waals surface area contributed by atoms with Crippen LogP contribution in [0.15, 0.2) is 58.1 Å². The second kappa shape index (κ2) is 6.28. The molecule has 2 aromatic heterocycles. The van der Waals surface area contributed by atoms with Crippen molar-refractivity contribution in [2.75, 3.05) is 0 Å². The summed E-state index contributed by atoms with van der Waals surface area (Å²) in [5.74, 6) is 1.07. The maximum absolute atomic E-state index is 6.11. The second-order valence-electron chi connectivity index (χ2n) is 4.36. The highest BCUT2D eigenvalue weighted by Crippen LogP contribution is 2.36. The van der Waals surface area contributed by atoms with E-state index in [9.17, 15) is 0 Å². The molecule has 0 N–H and O–H groups in total. The largest absolute Gasteiger partial charge is 0.419 e. The maximum atomic E-state index is 6.11. The van der Waals surface area contributed by atoms with Crippen LogP contribution >= 0.6 is 23.4 Å². The molecule has 0 saturated heterocycles. The fourth-order valence-electron chi connectivity index (χ4n) is 1.77. The molecule has 3 rings (SSSR count). The van der Waals surface area contributed by atoms with E-state index in [0.29, 0.717) is 16.8 Å². The molecule has 0 spiro atoms. The molecule has 1 aromatic carbocycles.